The largest absolute Gasteiger partial charge is 0.324 e. The fourth-order valence-corrected chi connectivity index (χ4v) is 5.12. The summed E-state index contributed by atoms with van der Waals surface area (Å²) in [4.78, 5) is 32.1. The molecule has 1 unspecified atom stereocenters. The van der Waals surface area contributed by atoms with Gasteiger partial charge in [-0.1, -0.05) is 0 Å². The Bertz CT molecular complexity index is 1230. The van der Waals surface area contributed by atoms with Gasteiger partial charge < -0.3 is 10.2 Å². The van der Waals surface area contributed by atoms with Crippen molar-refractivity contribution in [2.75, 3.05) is 16.9 Å². The molecule has 0 bridgehead atoms. The third-order valence-electron chi connectivity index (χ3n) is 5.66. The maximum Gasteiger partial charge on any atom is 0.248 e. The second-order valence-electron chi connectivity index (χ2n) is 7.87. The summed E-state index contributed by atoms with van der Waals surface area (Å²) in [6.45, 7) is 5.88. The number of carbonyl (C=O) groups is 2. The Balaban J connectivity index is 1.43. The lowest BCUT2D eigenvalue weighted by molar-refractivity contribution is -0.136. The van der Waals surface area contributed by atoms with E-state index in [0.717, 1.165) is 28.3 Å². The van der Waals surface area contributed by atoms with Crippen molar-refractivity contribution in [3.8, 4) is 6.07 Å². The Kier molecular flexibility index (Phi) is 6.15. The van der Waals surface area contributed by atoms with Crippen LogP contribution in [0.1, 0.15) is 34.6 Å². The fourth-order valence-electron chi connectivity index (χ4n) is 3.94. The summed E-state index contributed by atoms with van der Waals surface area (Å²) >= 11 is 1.57. The van der Waals surface area contributed by atoms with Gasteiger partial charge in [0.1, 0.15) is 6.04 Å². The number of amides is 2. The number of thioether (sulfide) groups is 1. The molecule has 0 aliphatic carbocycles. The number of rotatable bonds is 5. The number of aromatic nitrogens is 3. The van der Waals surface area contributed by atoms with Crippen LogP contribution in [0.2, 0.25) is 0 Å². The quantitative estimate of drug-likeness (QED) is 0.644. The zero-order valence-corrected chi connectivity index (χ0v) is 19.1. The second kappa shape index (κ2) is 9.01. The fraction of sp³-hybridized carbons (Fsp3) is 0.348. The molecule has 1 saturated heterocycles. The van der Waals surface area contributed by atoms with Crippen LogP contribution in [0.15, 0.2) is 30.3 Å². The van der Waals surface area contributed by atoms with Gasteiger partial charge in [0, 0.05) is 35.3 Å². The van der Waals surface area contributed by atoms with Gasteiger partial charge in [-0.25, -0.2) is 9.50 Å². The number of hydrogen-bond donors (Lipinski definition) is 1. The number of aryl methyl sites for hydroxylation is 3. The van der Waals surface area contributed by atoms with E-state index in [0.29, 0.717) is 35.7 Å². The molecular formula is C23H24N6O2S. The number of anilines is 1. The van der Waals surface area contributed by atoms with Crippen molar-refractivity contribution in [2.24, 2.45) is 0 Å². The van der Waals surface area contributed by atoms with E-state index in [1.807, 2.05) is 31.4 Å². The average Bonchev–Trinajstić information content (AvgIpc) is 3.40. The van der Waals surface area contributed by atoms with Crippen molar-refractivity contribution in [2.45, 2.75) is 39.7 Å². The number of fused-ring (bicyclic) bond motifs is 1. The highest BCUT2D eigenvalue weighted by Crippen LogP contribution is 2.24. The molecule has 4 rings (SSSR count). The zero-order chi connectivity index (χ0) is 22.8. The summed E-state index contributed by atoms with van der Waals surface area (Å²) in [6, 6.07) is 10.2. The SMILES string of the molecule is Cc1cc2nc(C)c(CCC(=O)N3CSCC3C(=O)Nc3ccc(C#N)cc3)c(C)n2n1. The molecule has 9 heteroatoms. The van der Waals surface area contributed by atoms with Crippen LogP contribution in [0, 0.1) is 32.1 Å². The summed E-state index contributed by atoms with van der Waals surface area (Å²) in [5.41, 5.74) is 5.74. The highest BCUT2D eigenvalue weighted by atomic mass is 32.2. The molecule has 0 saturated carbocycles. The van der Waals surface area contributed by atoms with Crippen molar-refractivity contribution < 1.29 is 9.59 Å². The van der Waals surface area contributed by atoms with Crippen molar-refractivity contribution >= 4 is 34.9 Å². The van der Waals surface area contributed by atoms with E-state index in [1.54, 1.807) is 40.9 Å². The van der Waals surface area contributed by atoms with E-state index in [4.69, 9.17) is 5.26 Å². The molecule has 1 atom stereocenters. The number of benzene rings is 1. The third kappa shape index (κ3) is 4.32. The van der Waals surface area contributed by atoms with Gasteiger partial charge in [0.05, 0.1) is 23.2 Å². The Morgan fingerprint density at radius 1 is 1.25 bits per heavy atom. The standard InChI is InChI=1S/C23H24N6O2S/c1-14-10-21-25-15(2)19(16(3)29(21)27-14)8-9-22(30)28-13-32-12-20(28)23(31)26-18-6-4-17(11-24)5-7-18/h4-7,10,20H,8-9,12-13H2,1-3H3,(H,26,31). The molecule has 1 aromatic carbocycles. The minimum absolute atomic E-state index is 0.0504. The molecule has 32 heavy (non-hydrogen) atoms. The van der Waals surface area contributed by atoms with Crippen LogP contribution in [-0.2, 0) is 16.0 Å². The lowest BCUT2D eigenvalue weighted by Gasteiger charge is -2.23. The summed E-state index contributed by atoms with van der Waals surface area (Å²) in [5, 5.41) is 16.3. The van der Waals surface area contributed by atoms with Crippen LogP contribution < -0.4 is 5.32 Å². The summed E-state index contributed by atoms with van der Waals surface area (Å²) in [6.07, 6.45) is 0.847. The highest BCUT2D eigenvalue weighted by molar-refractivity contribution is 7.99. The summed E-state index contributed by atoms with van der Waals surface area (Å²) in [5.74, 6) is 0.796. The van der Waals surface area contributed by atoms with Crippen molar-refractivity contribution in [3.63, 3.8) is 0 Å². The van der Waals surface area contributed by atoms with Crippen LogP contribution in [-0.4, -0.2) is 49.0 Å². The number of nitrogens with one attached hydrogen (secondary N) is 1. The first-order valence-corrected chi connectivity index (χ1v) is 11.5. The maximum absolute atomic E-state index is 13.0. The molecule has 0 spiro atoms. The van der Waals surface area contributed by atoms with E-state index < -0.39 is 6.04 Å². The second-order valence-corrected chi connectivity index (χ2v) is 8.87. The predicted octanol–water partition coefficient (Wildman–Crippen LogP) is 3.00. The molecule has 3 heterocycles. The van der Waals surface area contributed by atoms with Gasteiger partial charge in [0.15, 0.2) is 5.65 Å². The Morgan fingerprint density at radius 3 is 2.72 bits per heavy atom. The van der Waals surface area contributed by atoms with Gasteiger partial charge >= 0.3 is 0 Å². The minimum Gasteiger partial charge on any atom is -0.324 e. The molecule has 2 amide bonds. The molecule has 1 aliphatic heterocycles. The third-order valence-corrected chi connectivity index (χ3v) is 6.67. The van der Waals surface area contributed by atoms with Crippen molar-refractivity contribution in [1.82, 2.24) is 19.5 Å². The van der Waals surface area contributed by atoms with Gasteiger partial charge in [-0.05, 0) is 57.0 Å². The summed E-state index contributed by atoms with van der Waals surface area (Å²) in [7, 11) is 0. The van der Waals surface area contributed by atoms with E-state index in [1.165, 1.54) is 0 Å². The Morgan fingerprint density at radius 2 is 2.00 bits per heavy atom. The number of nitriles is 1. The molecule has 1 aliphatic rings. The zero-order valence-electron chi connectivity index (χ0n) is 18.3. The average molecular weight is 449 g/mol. The topological polar surface area (TPSA) is 103 Å². The first-order chi connectivity index (χ1) is 15.4. The monoisotopic (exact) mass is 448 g/mol. The predicted molar refractivity (Wildman–Crippen MR) is 123 cm³/mol. The molecule has 1 fully saturated rings. The number of hydrogen-bond acceptors (Lipinski definition) is 6. The molecule has 2 aromatic heterocycles. The van der Waals surface area contributed by atoms with Gasteiger partial charge in [-0.3, -0.25) is 9.59 Å². The molecule has 0 radical (unpaired) electrons. The van der Waals surface area contributed by atoms with Crippen LogP contribution >= 0.6 is 11.8 Å². The van der Waals surface area contributed by atoms with E-state index in [2.05, 4.69) is 21.5 Å². The molecular weight excluding hydrogens is 424 g/mol. The Labute approximate surface area is 190 Å². The van der Waals surface area contributed by atoms with E-state index in [9.17, 15) is 9.59 Å². The maximum atomic E-state index is 13.0. The molecule has 3 aromatic rings. The van der Waals surface area contributed by atoms with Crippen LogP contribution in [0.4, 0.5) is 5.69 Å². The van der Waals surface area contributed by atoms with Crippen LogP contribution in [0.3, 0.4) is 0 Å². The van der Waals surface area contributed by atoms with Crippen molar-refractivity contribution in [1.29, 1.82) is 5.26 Å². The minimum atomic E-state index is -0.514. The smallest absolute Gasteiger partial charge is 0.248 e. The van der Waals surface area contributed by atoms with Crippen LogP contribution in [0.5, 0.6) is 0 Å². The number of nitrogens with zero attached hydrogens (tertiary/aromatic N) is 5. The van der Waals surface area contributed by atoms with Gasteiger partial charge in [0.25, 0.3) is 0 Å². The van der Waals surface area contributed by atoms with E-state index in [-0.39, 0.29) is 11.8 Å². The van der Waals surface area contributed by atoms with Crippen molar-refractivity contribution in [3.05, 3.63) is 58.5 Å². The van der Waals surface area contributed by atoms with Crippen LogP contribution in [0.25, 0.3) is 5.65 Å². The van der Waals surface area contributed by atoms with Gasteiger partial charge in [0.2, 0.25) is 11.8 Å². The highest BCUT2D eigenvalue weighted by Gasteiger charge is 2.34. The molecule has 1 N–H and O–H groups in total. The first-order valence-electron chi connectivity index (χ1n) is 10.4. The molecule has 164 valence electrons. The van der Waals surface area contributed by atoms with Gasteiger partial charge in [-0.15, -0.1) is 11.8 Å². The lowest BCUT2D eigenvalue weighted by Crippen LogP contribution is -2.44. The van der Waals surface area contributed by atoms with Gasteiger partial charge in [-0.2, -0.15) is 10.4 Å². The number of carbonyl (C=O) groups excluding carboxylic acids is 2. The van der Waals surface area contributed by atoms with E-state index >= 15 is 0 Å². The summed E-state index contributed by atoms with van der Waals surface area (Å²) < 4.78 is 1.82. The first kappa shape index (κ1) is 21.8. The Hall–Kier alpha value is -3.38. The molecule has 8 nitrogen and oxygen atoms in total. The lowest BCUT2D eigenvalue weighted by atomic mass is 10.1. The normalized spacial score (nSPS) is 15.7.